The first-order valence-electron chi connectivity index (χ1n) is 12.3. The second kappa shape index (κ2) is 13.0. The van der Waals surface area contributed by atoms with Gasteiger partial charge < -0.3 is 29.5 Å². The third-order valence-corrected chi connectivity index (χ3v) is 6.47. The van der Waals surface area contributed by atoms with Crippen LogP contribution in [0.3, 0.4) is 0 Å². The maximum atomic E-state index is 10.4. The molecule has 190 valence electrons. The van der Waals surface area contributed by atoms with Crippen LogP contribution >= 0.6 is 0 Å². The highest BCUT2D eigenvalue weighted by Gasteiger charge is 2.20. The Morgan fingerprint density at radius 3 is 1.32 bits per heavy atom. The van der Waals surface area contributed by atoms with Crippen LogP contribution in [0.5, 0.6) is 11.5 Å². The van der Waals surface area contributed by atoms with Crippen molar-refractivity contribution in [1.82, 2.24) is 19.6 Å². The average Bonchev–Trinajstić information content (AvgIpc) is 2.83. The van der Waals surface area contributed by atoms with Crippen molar-refractivity contribution in [2.45, 2.75) is 26.1 Å². The lowest BCUT2D eigenvalue weighted by Gasteiger charge is -2.36. The second-order valence-electron chi connectivity index (χ2n) is 9.45. The molecule has 0 aliphatic carbocycles. The largest absolute Gasteiger partial charge is 0.491 e. The van der Waals surface area contributed by atoms with E-state index >= 15 is 0 Å². The minimum absolute atomic E-state index is 0.248. The van der Waals surface area contributed by atoms with E-state index in [0.29, 0.717) is 24.6 Å². The van der Waals surface area contributed by atoms with E-state index in [-0.39, 0.29) is 13.2 Å². The van der Waals surface area contributed by atoms with Crippen LogP contribution in [0.15, 0.2) is 48.8 Å². The van der Waals surface area contributed by atoms with E-state index in [1.54, 1.807) is 0 Å². The number of benzene rings is 1. The van der Waals surface area contributed by atoms with Crippen molar-refractivity contribution in [2.75, 3.05) is 78.7 Å². The van der Waals surface area contributed by atoms with Gasteiger partial charge in [0, 0.05) is 76.8 Å². The Kier molecular flexibility index (Phi) is 10.1. The molecule has 2 saturated heterocycles. The van der Waals surface area contributed by atoms with Gasteiger partial charge in [0.15, 0.2) is 0 Å². The molecule has 0 spiro atoms. The molecule has 0 saturated carbocycles. The summed E-state index contributed by atoms with van der Waals surface area (Å²) in [5.74, 6) is 1.38. The number of aliphatic hydroxyl groups is 2. The standard InChI is InChI=1S/C26H42N4O4/c1-21(2)29-13-9-27(10-14-29)17-23(31)19-33-25-5-7-26(8-6-25)34-20-24(32)18-28-11-15-30(16-12-28)22(3)4/h5-8,23-24,31-32H,1,3,9-20H2,2,4H3/t23-,24-/m0/s1. The number of allylic oxidation sites excluding steroid dienone is 2. The quantitative estimate of drug-likeness (QED) is 0.472. The minimum atomic E-state index is -0.542. The summed E-state index contributed by atoms with van der Waals surface area (Å²) in [6, 6.07) is 7.32. The third-order valence-electron chi connectivity index (χ3n) is 6.47. The number of ether oxygens (including phenoxy) is 2. The first-order chi connectivity index (χ1) is 16.3. The Morgan fingerprint density at radius 1 is 0.706 bits per heavy atom. The normalized spacial score (nSPS) is 19.5. The van der Waals surface area contributed by atoms with Crippen molar-refractivity contribution in [3.05, 3.63) is 48.8 Å². The van der Waals surface area contributed by atoms with Gasteiger partial charge in [-0.15, -0.1) is 0 Å². The number of aliphatic hydroxyl groups excluding tert-OH is 2. The van der Waals surface area contributed by atoms with Crippen molar-refractivity contribution in [1.29, 1.82) is 0 Å². The summed E-state index contributed by atoms with van der Waals surface area (Å²) in [7, 11) is 0. The zero-order valence-corrected chi connectivity index (χ0v) is 20.9. The number of nitrogens with zero attached hydrogens (tertiary/aromatic N) is 4. The zero-order chi connectivity index (χ0) is 24.5. The number of piperazine rings is 2. The van der Waals surface area contributed by atoms with Gasteiger partial charge in [-0.05, 0) is 38.1 Å². The molecule has 2 N–H and O–H groups in total. The second-order valence-corrected chi connectivity index (χ2v) is 9.45. The van der Waals surface area contributed by atoms with Crippen molar-refractivity contribution in [3.63, 3.8) is 0 Å². The van der Waals surface area contributed by atoms with Crippen LogP contribution in [-0.4, -0.2) is 121 Å². The average molecular weight is 475 g/mol. The van der Waals surface area contributed by atoms with Gasteiger partial charge in [-0.1, -0.05) is 13.2 Å². The van der Waals surface area contributed by atoms with Gasteiger partial charge in [0.05, 0.1) is 0 Å². The summed E-state index contributed by atoms with van der Waals surface area (Å²) >= 11 is 0. The van der Waals surface area contributed by atoms with E-state index in [9.17, 15) is 10.2 Å². The summed E-state index contributed by atoms with van der Waals surface area (Å²) in [6.45, 7) is 21.2. The van der Waals surface area contributed by atoms with E-state index in [2.05, 4.69) is 32.8 Å². The lowest BCUT2D eigenvalue weighted by molar-refractivity contribution is 0.0506. The maximum Gasteiger partial charge on any atom is 0.119 e. The monoisotopic (exact) mass is 474 g/mol. The summed E-state index contributed by atoms with van der Waals surface area (Å²) in [5.41, 5.74) is 2.20. The van der Waals surface area contributed by atoms with Crippen LogP contribution in [0, 0.1) is 0 Å². The molecule has 2 fully saturated rings. The molecule has 8 nitrogen and oxygen atoms in total. The fourth-order valence-electron chi connectivity index (χ4n) is 4.34. The van der Waals surface area contributed by atoms with Crippen LogP contribution in [0.2, 0.25) is 0 Å². The highest BCUT2D eigenvalue weighted by molar-refractivity contribution is 5.31. The summed E-state index contributed by atoms with van der Waals surface area (Å²) in [4.78, 5) is 9.06. The number of rotatable bonds is 12. The van der Waals surface area contributed by atoms with Crippen LogP contribution in [0.4, 0.5) is 0 Å². The maximum absolute atomic E-state index is 10.4. The molecule has 8 heteroatoms. The lowest BCUT2D eigenvalue weighted by atomic mass is 10.2. The van der Waals surface area contributed by atoms with E-state index < -0.39 is 12.2 Å². The van der Waals surface area contributed by atoms with Gasteiger partial charge in [0.2, 0.25) is 0 Å². The van der Waals surface area contributed by atoms with Gasteiger partial charge in [0.25, 0.3) is 0 Å². The highest BCUT2D eigenvalue weighted by Crippen LogP contribution is 2.18. The lowest BCUT2D eigenvalue weighted by Crippen LogP contribution is -2.48. The molecule has 2 atom stereocenters. The number of hydrogen-bond acceptors (Lipinski definition) is 8. The van der Waals surface area contributed by atoms with Gasteiger partial charge in [-0.3, -0.25) is 9.80 Å². The SMILES string of the molecule is C=C(C)N1CCN(C[C@H](O)COc2ccc(OC[C@@H](O)CN3CCN(C(=C)C)CC3)cc2)CC1. The molecule has 0 radical (unpaired) electrons. The van der Waals surface area contributed by atoms with Crippen LogP contribution < -0.4 is 9.47 Å². The Balaban J connectivity index is 1.30. The van der Waals surface area contributed by atoms with Crippen LogP contribution in [0.25, 0.3) is 0 Å². The first kappa shape index (κ1) is 26.3. The van der Waals surface area contributed by atoms with Gasteiger partial charge in [-0.25, -0.2) is 0 Å². The third kappa shape index (κ3) is 8.51. The van der Waals surface area contributed by atoms with Crippen LogP contribution in [0.1, 0.15) is 13.8 Å². The zero-order valence-electron chi connectivity index (χ0n) is 20.9. The molecular weight excluding hydrogens is 432 g/mol. The fourth-order valence-corrected chi connectivity index (χ4v) is 4.34. The molecule has 0 unspecified atom stereocenters. The Morgan fingerprint density at radius 2 is 1.03 bits per heavy atom. The van der Waals surface area contributed by atoms with E-state index in [4.69, 9.17) is 9.47 Å². The van der Waals surface area contributed by atoms with Gasteiger partial charge in [0.1, 0.15) is 36.9 Å². The molecule has 1 aromatic carbocycles. The summed E-state index contributed by atoms with van der Waals surface area (Å²) < 4.78 is 11.5. The summed E-state index contributed by atoms with van der Waals surface area (Å²) in [5, 5.41) is 20.7. The molecule has 0 amide bonds. The minimum Gasteiger partial charge on any atom is -0.491 e. The molecule has 3 rings (SSSR count). The molecular formula is C26H42N4O4. The predicted molar refractivity (Wildman–Crippen MR) is 135 cm³/mol. The molecule has 2 aliphatic rings. The topological polar surface area (TPSA) is 71.9 Å². The molecule has 2 heterocycles. The van der Waals surface area contributed by atoms with Crippen LogP contribution in [-0.2, 0) is 0 Å². The molecule has 0 aromatic heterocycles. The first-order valence-corrected chi connectivity index (χ1v) is 12.3. The van der Waals surface area contributed by atoms with Crippen molar-refractivity contribution in [3.8, 4) is 11.5 Å². The van der Waals surface area contributed by atoms with Gasteiger partial charge in [-0.2, -0.15) is 0 Å². The molecule has 0 bridgehead atoms. The number of β-amino-alcohol motifs (C(OH)–C–C–N with tert-alkyl or cyclic N) is 2. The summed E-state index contributed by atoms with van der Waals surface area (Å²) in [6.07, 6.45) is -1.08. The predicted octanol–water partition coefficient (Wildman–Crippen LogP) is 1.47. The van der Waals surface area contributed by atoms with E-state index in [1.807, 2.05) is 38.1 Å². The highest BCUT2D eigenvalue weighted by atomic mass is 16.5. The van der Waals surface area contributed by atoms with Gasteiger partial charge >= 0.3 is 0 Å². The Bertz CT molecular complexity index is 707. The molecule has 2 aliphatic heterocycles. The van der Waals surface area contributed by atoms with Crippen molar-refractivity contribution >= 4 is 0 Å². The Hall–Kier alpha value is -2.26. The smallest absolute Gasteiger partial charge is 0.119 e. The van der Waals surface area contributed by atoms with E-state index in [1.165, 1.54) is 0 Å². The van der Waals surface area contributed by atoms with Crippen molar-refractivity contribution < 1.29 is 19.7 Å². The fraction of sp³-hybridized carbons (Fsp3) is 0.615. The Labute approximate surface area is 204 Å². The van der Waals surface area contributed by atoms with E-state index in [0.717, 1.165) is 63.8 Å². The number of hydrogen-bond donors (Lipinski definition) is 2. The van der Waals surface area contributed by atoms with Crippen molar-refractivity contribution in [2.24, 2.45) is 0 Å². The molecule has 1 aromatic rings. The molecule has 34 heavy (non-hydrogen) atoms.